The van der Waals surface area contributed by atoms with E-state index in [0.29, 0.717) is 45.8 Å². The maximum absolute atomic E-state index is 13.2. The first-order valence-electron chi connectivity index (χ1n) is 10.2. The van der Waals surface area contributed by atoms with E-state index >= 15 is 0 Å². The first-order valence-corrected chi connectivity index (χ1v) is 11.8. The molecule has 1 aromatic carbocycles. The van der Waals surface area contributed by atoms with Gasteiger partial charge < -0.3 is 9.47 Å². The summed E-state index contributed by atoms with van der Waals surface area (Å²) in [6.07, 6.45) is 6.74. The number of nitrogens with zero attached hydrogens (tertiary/aromatic N) is 6. The second-order valence-corrected chi connectivity index (χ2v) is 9.21. The lowest BCUT2D eigenvalue weighted by atomic mass is 10.2. The Kier molecular flexibility index (Phi) is 7.33. The van der Waals surface area contributed by atoms with Crippen LogP contribution in [0.5, 0.6) is 11.5 Å². The minimum absolute atomic E-state index is 0.254. The average Bonchev–Trinajstić information content (AvgIpc) is 3.28. The zero-order valence-electron chi connectivity index (χ0n) is 18.7. The smallest absolute Gasteiger partial charge is 0.241 e. The molecule has 0 radical (unpaired) electrons. The molecule has 0 amide bonds. The van der Waals surface area contributed by atoms with Gasteiger partial charge in [0.1, 0.15) is 34.0 Å². The minimum atomic E-state index is -1.55. The standard InChI is InChI=1S/C22H22ClN7O3S/c1-14(10-19-25-12-16(23)13-26-19)34(31)29-22-28-27-21(15-6-5-9-24-11-15)30(22)20-17(32-2)7-4-8-18(20)33-3/h4-9,11-14H,10H2,1-3H3,(H,28,29). The molecule has 176 valence electrons. The molecule has 0 saturated carbocycles. The number of halogens is 1. The van der Waals surface area contributed by atoms with Crippen molar-refractivity contribution < 1.29 is 13.7 Å². The summed E-state index contributed by atoms with van der Waals surface area (Å²) in [5, 5.41) is 8.73. The lowest BCUT2D eigenvalue weighted by Crippen LogP contribution is -2.23. The monoisotopic (exact) mass is 499 g/mol. The molecule has 3 aromatic heterocycles. The number of methoxy groups -OCH3 is 2. The van der Waals surface area contributed by atoms with E-state index in [1.165, 1.54) is 12.4 Å². The molecule has 4 rings (SSSR count). The highest BCUT2D eigenvalue weighted by molar-refractivity contribution is 7.86. The number of hydrogen-bond acceptors (Lipinski definition) is 8. The molecular weight excluding hydrogens is 478 g/mol. The Bertz CT molecular complexity index is 1260. The number of ether oxygens (including phenoxy) is 2. The Balaban J connectivity index is 1.73. The number of nitrogens with one attached hydrogen (secondary N) is 1. The quantitative estimate of drug-likeness (QED) is 0.372. The van der Waals surface area contributed by atoms with Crippen LogP contribution in [0.3, 0.4) is 0 Å². The van der Waals surface area contributed by atoms with Crippen LogP contribution in [0.2, 0.25) is 5.02 Å². The molecule has 0 saturated heterocycles. The van der Waals surface area contributed by atoms with Crippen molar-refractivity contribution in [3.8, 4) is 28.6 Å². The van der Waals surface area contributed by atoms with Crippen molar-refractivity contribution in [1.29, 1.82) is 0 Å². The molecule has 0 aliphatic rings. The molecule has 1 N–H and O–H groups in total. The molecule has 34 heavy (non-hydrogen) atoms. The van der Waals surface area contributed by atoms with Crippen molar-refractivity contribution in [2.75, 3.05) is 18.9 Å². The molecule has 0 fully saturated rings. The van der Waals surface area contributed by atoms with Gasteiger partial charge in [0, 0.05) is 36.8 Å². The van der Waals surface area contributed by atoms with Crippen molar-refractivity contribution in [3.05, 3.63) is 66.0 Å². The van der Waals surface area contributed by atoms with Crippen molar-refractivity contribution in [1.82, 2.24) is 29.7 Å². The second kappa shape index (κ2) is 10.6. The summed E-state index contributed by atoms with van der Waals surface area (Å²) in [6.45, 7) is 1.83. The van der Waals surface area contributed by atoms with E-state index in [0.717, 1.165) is 0 Å². The van der Waals surface area contributed by atoms with E-state index in [1.807, 2.05) is 19.1 Å². The van der Waals surface area contributed by atoms with Crippen molar-refractivity contribution in [2.24, 2.45) is 0 Å². The summed E-state index contributed by atoms with van der Waals surface area (Å²) in [4.78, 5) is 12.6. The summed E-state index contributed by atoms with van der Waals surface area (Å²) < 4.78 is 29.1. The average molecular weight is 500 g/mol. The van der Waals surface area contributed by atoms with E-state index in [2.05, 4.69) is 29.9 Å². The Hall–Kier alpha value is -3.57. The van der Waals surface area contributed by atoms with Gasteiger partial charge in [0.2, 0.25) is 5.95 Å². The largest absolute Gasteiger partial charge is 0.494 e. The fraction of sp³-hybridized carbons (Fsp3) is 0.227. The number of hydrogen-bond donors (Lipinski definition) is 1. The van der Waals surface area contributed by atoms with Crippen LogP contribution >= 0.6 is 11.6 Å². The SMILES string of the molecule is COc1cccc(OC)c1-n1c(NS(=O)C(C)Cc2ncc(Cl)cn2)nnc1-c1cccnc1. The number of para-hydroxylation sites is 1. The topological polar surface area (TPSA) is 117 Å². The second-order valence-electron chi connectivity index (χ2n) is 7.17. The van der Waals surface area contributed by atoms with E-state index in [-0.39, 0.29) is 11.2 Å². The number of pyridine rings is 1. The normalized spacial score (nSPS) is 12.7. The molecule has 12 heteroatoms. The van der Waals surface area contributed by atoms with Gasteiger partial charge in [0.05, 0.1) is 24.5 Å². The zero-order valence-corrected chi connectivity index (χ0v) is 20.2. The number of anilines is 1. The molecule has 2 unspecified atom stereocenters. The maximum Gasteiger partial charge on any atom is 0.241 e. The van der Waals surface area contributed by atoms with Gasteiger partial charge in [-0.05, 0) is 31.2 Å². The van der Waals surface area contributed by atoms with E-state index < -0.39 is 11.0 Å². The van der Waals surface area contributed by atoms with Crippen LogP contribution < -0.4 is 14.2 Å². The van der Waals surface area contributed by atoms with Gasteiger partial charge in [-0.15, -0.1) is 10.2 Å². The lowest BCUT2D eigenvalue weighted by molar-refractivity contribution is 0.391. The molecule has 3 heterocycles. The highest BCUT2D eigenvalue weighted by atomic mass is 35.5. The third-order valence-electron chi connectivity index (χ3n) is 4.91. The summed E-state index contributed by atoms with van der Waals surface area (Å²) in [7, 11) is 1.57. The van der Waals surface area contributed by atoms with Gasteiger partial charge in [0.25, 0.3) is 0 Å². The fourth-order valence-corrected chi connectivity index (χ4v) is 4.18. The Morgan fingerprint density at radius 3 is 2.38 bits per heavy atom. The van der Waals surface area contributed by atoms with Gasteiger partial charge >= 0.3 is 0 Å². The summed E-state index contributed by atoms with van der Waals surface area (Å²) in [5.41, 5.74) is 1.27. The lowest BCUT2D eigenvalue weighted by Gasteiger charge is -2.18. The van der Waals surface area contributed by atoms with Crippen molar-refractivity contribution in [3.63, 3.8) is 0 Å². The van der Waals surface area contributed by atoms with Crippen molar-refractivity contribution >= 4 is 28.5 Å². The molecule has 0 aliphatic carbocycles. The third-order valence-corrected chi connectivity index (χ3v) is 6.39. The predicted octanol–water partition coefficient (Wildman–Crippen LogP) is 3.50. The van der Waals surface area contributed by atoms with Crippen LogP contribution in [0, 0.1) is 0 Å². The summed E-state index contributed by atoms with van der Waals surface area (Å²) in [6, 6.07) is 9.07. The first-order chi connectivity index (χ1) is 16.5. The number of rotatable bonds is 9. The zero-order chi connectivity index (χ0) is 24.1. The Morgan fingerprint density at radius 1 is 1.06 bits per heavy atom. The number of aromatic nitrogens is 6. The summed E-state index contributed by atoms with van der Waals surface area (Å²) in [5.74, 6) is 2.32. The molecule has 4 aromatic rings. The van der Waals surface area contributed by atoms with Gasteiger partial charge in [-0.1, -0.05) is 17.7 Å². The Labute approximate surface area is 204 Å². The fourth-order valence-electron chi connectivity index (χ4n) is 3.26. The molecule has 10 nitrogen and oxygen atoms in total. The van der Waals surface area contributed by atoms with Gasteiger partial charge in [0.15, 0.2) is 5.82 Å². The van der Waals surface area contributed by atoms with E-state index in [4.69, 9.17) is 21.1 Å². The van der Waals surface area contributed by atoms with Crippen LogP contribution in [-0.4, -0.2) is 53.4 Å². The summed E-state index contributed by atoms with van der Waals surface area (Å²) >= 11 is 5.86. The van der Waals surface area contributed by atoms with E-state index in [1.54, 1.807) is 49.4 Å². The molecule has 0 aliphatic heterocycles. The van der Waals surface area contributed by atoms with Gasteiger partial charge in [-0.25, -0.2) is 14.2 Å². The third kappa shape index (κ3) is 5.00. The highest BCUT2D eigenvalue weighted by Gasteiger charge is 2.24. The van der Waals surface area contributed by atoms with Crippen LogP contribution in [0.1, 0.15) is 12.7 Å². The maximum atomic E-state index is 13.2. The van der Waals surface area contributed by atoms with Crippen LogP contribution in [0.25, 0.3) is 17.1 Å². The number of benzene rings is 1. The Morgan fingerprint density at radius 2 is 1.76 bits per heavy atom. The molecule has 0 bridgehead atoms. The minimum Gasteiger partial charge on any atom is -0.494 e. The first kappa shape index (κ1) is 23.6. The van der Waals surface area contributed by atoms with Crippen LogP contribution in [0.4, 0.5) is 5.95 Å². The van der Waals surface area contributed by atoms with E-state index in [9.17, 15) is 4.21 Å². The highest BCUT2D eigenvalue weighted by Crippen LogP contribution is 2.37. The van der Waals surface area contributed by atoms with Gasteiger partial charge in [-0.3, -0.25) is 14.3 Å². The van der Waals surface area contributed by atoms with Gasteiger partial charge in [-0.2, -0.15) is 0 Å². The molecule has 0 spiro atoms. The predicted molar refractivity (Wildman–Crippen MR) is 130 cm³/mol. The van der Waals surface area contributed by atoms with Crippen LogP contribution in [0.15, 0.2) is 55.1 Å². The molecular formula is C22H22ClN7O3S. The van der Waals surface area contributed by atoms with Crippen molar-refractivity contribution in [2.45, 2.75) is 18.6 Å². The molecule has 2 atom stereocenters. The van der Waals surface area contributed by atoms with Crippen LogP contribution in [-0.2, 0) is 17.4 Å².